The largest absolute Gasteiger partial charge is 0.323 e. The molecule has 0 aliphatic carbocycles. The maximum atomic E-state index is 14.4. The first-order valence-corrected chi connectivity index (χ1v) is 11.5. The molecule has 0 unspecified atom stereocenters. The molecule has 156 valence electrons. The number of benzene rings is 3. The van der Waals surface area contributed by atoms with Crippen molar-refractivity contribution < 1.29 is 9.18 Å². The lowest BCUT2D eigenvalue weighted by molar-refractivity contribution is -0.117. The van der Waals surface area contributed by atoms with E-state index in [0.29, 0.717) is 25.1 Å². The van der Waals surface area contributed by atoms with Gasteiger partial charge in [-0.3, -0.25) is 4.79 Å². The zero-order valence-corrected chi connectivity index (χ0v) is 18.0. The van der Waals surface area contributed by atoms with Crippen LogP contribution < -0.4 is 4.90 Å². The minimum atomic E-state index is -0.232. The fourth-order valence-corrected chi connectivity index (χ4v) is 4.73. The van der Waals surface area contributed by atoms with Crippen molar-refractivity contribution >= 4 is 34.4 Å². The summed E-state index contributed by atoms with van der Waals surface area (Å²) in [7, 11) is 0. The van der Waals surface area contributed by atoms with Gasteiger partial charge in [0.15, 0.2) is 0 Å². The van der Waals surface area contributed by atoms with E-state index in [1.807, 2.05) is 65.8 Å². The van der Waals surface area contributed by atoms with Crippen molar-refractivity contribution in [1.82, 2.24) is 9.55 Å². The molecule has 1 aliphatic heterocycles. The molecular formula is C25H22FN3OS. The van der Waals surface area contributed by atoms with Gasteiger partial charge < -0.3 is 9.47 Å². The summed E-state index contributed by atoms with van der Waals surface area (Å²) in [6.45, 7) is 0.951. The standard InChI is InChI=1S/C25H22FN3OS/c1-31-20-9-6-8-19(14-20)28-16-18(13-24(28)30)25-27-22-11-4-5-12-23(22)29(25)15-17-7-2-3-10-21(17)26/h2-12,14,18H,13,15-16H2,1H3/t18-/m0/s1. The Morgan fingerprint density at radius 2 is 1.87 bits per heavy atom. The van der Waals surface area contributed by atoms with E-state index < -0.39 is 0 Å². The molecule has 0 bridgehead atoms. The third kappa shape index (κ3) is 3.72. The van der Waals surface area contributed by atoms with Crippen LogP contribution in [-0.2, 0) is 11.3 Å². The van der Waals surface area contributed by atoms with E-state index in [9.17, 15) is 9.18 Å². The third-order valence-corrected chi connectivity index (χ3v) is 6.55. The third-order valence-electron chi connectivity index (χ3n) is 5.83. The van der Waals surface area contributed by atoms with Crippen LogP contribution in [0.25, 0.3) is 11.0 Å². The smallest absolute Gasteiger partial charge is 0.227 e. The summed E-state index contributed by atoms with van der Waals surface area (Å²) in [4.78, 5) is 20.8. The number of aromatic nitrogens is 2. The maximum absolute atomic E-state index is 14.4. The highest BCUT2D eigenvalue weighted by molar-refractivity contribution is 7.98. The van der Waals surface area contributed by atoms with Crippen molar-refractivity contribution in [1.29, 1.82) is 0 Å². The Morgan fingerprint density at radius 1 is 1.06 bits per heavy atom. The van der Waals surface area contributed by atoms with Crippen LogP contribution in [-0.4, -0.2) is 28.3 Å². The lowest BCUT2D eigenvalue weighted by Crippen LogP contribution is -2.24. The van der Waals surface area contributed by atoms with Gasteiger partial charge in [0.05, 0.1) is 17.6 Å². The van der Waals surface area contributed by atoms with Gasteiger partial charge in [0, 0.05) is 35.0 Å². The Morgan fingerprint density at radius 3 is 2.71 bits per heavy atom. The van der Waals surface area contributed by atoms with Gasteiger partial charge in [-0.15, -0.1) is 11.8 Å². The number of nitrogens with zero attached hydrogens (tertiary/aromatic N) is 3. The summed E-state index contributed by atoms with van der Waals surface area (Å²) in [5, 5.41) is 0. The van der Waals surface area contributed by atoms with Gasteiger partial charge in [0.2, 0.25) is 5.91 Å². The summed E-state index contributed by atoms with van der Waals surface area (Å²) >= 11 is 1.66. The predicted molar refractivity (Wildman–Crippen MR) is 123 cm³/mol. The number of amides is 1. The number of thioether (sulfide) groups is 1. The molecule has 2 heterocycles. The summed E-state index contributed by atoms with van der Waals surface area (Å²) in [5.74, 6) is 0.642. The molecule has 1 atom stereocenters. The molecular weight excluding hydrogens is 409 g/mol. The molecule has 0 spiro atoms. The minimum Gasteiger partial charge on any atom is -0.323 e. The van der Waals surface area contributed by atoms with Gasteiger partial charge >= 0.3 is 0 Å². The fourth-order valence-electron chi connectivity index (χ4n) is 4.28. The highest BCUT2D eigenvalue weighted by Gasteiger charge is 2.35. The van der Waals surface area contributed by atoms with Crippen molar-refractivity contribution in [3.8, 4) is 0 Å². The fraction of sp³-hybridized carbons (Fsp3) is 0.200. The highest BCUT2D eigenvalue weighted by Crippen LogP contribution is 2.34. The van der Waals surface area contributed by atoms with Crippen LogP contribution in [0.5, 0.6) is 0 Å². The van der Waals surface area contributed by atoms with Gasteiger partial charge in [-0.2, -0.15) is 0 Å². The maximum Gasteiger partial charge on any atom is 0.227 e. The van der Waals surface area contributed by atoms with E-state index in [2.05, 4.69) is 4.57 Å². The second-order valence-corrected chi connectivity index (χ2v) is 8.62. The topological polar surface area (TPSA) is 38.1 Å². The molecule has 31 heavy (non-hydrogen) atoms. The molecule has 4 aromatic rings. The Labute approximate surface area is 184 Å². The Balaban J connectivity index is 1.53. The number of carbonyl (C=O) groups is 1. The summed E-state index contributed by atoms with van der Waals surface area (Å²) < 4.78 is 16.5. The van der Waals surface area contributed by atoms with E-state index in [1.165, 1.54) is 6.07 Å². The molecule has 0 N–H and O–H groups in total. The Hall–Kier alpha value is -3.12. The Kier molecular flexibility index (Phi) is 5.24. The molecule has 1 saturated heterocycles. The molecule has 3 aromatic carbocycles. The van der Waals surface area contributed by atoms with Crippen LogP contribution in [0.15, 0.2) is 77.7 Å². The van der Waals surface area contributed by atoms with E-state index >= 15 is 0 Å². The van der Waals surface area contributed by atoms with Gasteiger partial charge in [-0.1, -0.05) is 36.4 Å². The zero-order chi connectivity index (χ0) is 21.4. The molecule has 1 fully saturated rings. The summed E-state index contributed by atoms with van der Waals surface area (Å²) in [5.41, 5.74) is 3.34. The first-order valence-electron chi connectivity index (χ1n) is 10.3. The van der Waals surface area contributed by atoms with Gasteiger partial charge in [-0.05, 0) is 42.7 Å². The molecule has 1 aromatic heterocycles. The highest BCUT2D eigenvalue weighted by atomic mass is 32.2. The van der Waals surface area contributed by atoms with Crippen molar-refractivity contribution in [2.45, 2.75) is 23.8 Å². The predicted octanol–water partition coefficient (Wildman–Crippen LogP) is 5.47. The summed E-state index contributed by atoms with van der Waals surface area (Å²) in [6, 6.07) is 22.7. The number of hydrogen-bond donors (Lipinski definition) is 0. The number of rotatable bonds is 5. The first-order chi connectivity index (χ1) is 15.1. The van der Waals surface area contributed by atoms with E-state index in [0.717, 1.165) is 27.4 Å². The molecule has 0 radical (unpaired) electrons. The first kappa shape index (κ1) is 19.8. The van der Waals surface area contributed by atoms with Crippen LogP contribution in [0.4, 0.5) is 10.1 Å². The number of fused-ring (bicyclic) bond motifs is 1. The molecule has 1 aliphatic rings. The molecule has 5 rings (SSSR count). The molecule has 1 amide bonds. The second-order valence-electron chi connectivity index (χ2n) is 7.74. The molecule has 6 heteroatoms. The van der Waals surface area contributed by atoms with Crippen LogP contribution in [0.3, 0.4) is 0 Å². The monoisotopic (exact) mass is 431 g/mol. The number of halogens is 1. The van der Waals surface area contributed by atoms with Gasteiger partial charge in [0.1, 0.15) is 11.6 Å². The van der Waals surface area contributed by atoms with Crippen molar-refractivity contribution in [2.75, 3.05) is 17.7 Å². The Bertz CT molecular complexity index is 1270. The number of hydrogen-bond acceptors (Lipinski definition) is 3. The number of carbonyl (C=O) groups excluding carboxylic acids is 1. The molecule has 4 nitrogen and oxygen atoms in total. The van der Waals surface area contributed by atoms with Crippen molar-refractivity contribution in [3.63, 3.8) is 0 Å². The average molecular weight is 432 g/mol. The van der Waals surface area contributed by atoms with Crippen molar-refractivity contribution in [3.05, 3.63) is 90.0 Å². The second kappa shape index (κ2) is 8.19. The van der Waals surface area contributed by atoms with Gasteiger partial charge in [0.25, 0.3) is 0 Å². The van der Waals surface area contributed by atoms with E-state index in [1.54, 1.807) is 23.9 Å². The number of anilines is 1. The van der Waals surface area contributed by atoms with Crippen LogP contribution in [0.2, 0.25) is 0 Å². The quantitative estimate of drug-likeness (QED) is 0.394. The zero-order valence-electron chi connectivity index (χ0n) is 17.2. The van der Waals surface area contributed by atoms with Crippen LogP contribution in [0, 0.1) is 5.82 Å². The average Bonchev–Trinajstić information content (AvgIpc) is 3.36. The number of para-hydroxylation sites is 2. The van der Waals surface area contributed by atoms with Gasteiger partial charge in [-0.25, -0.2) is 9.37 Å². The lowest BCUT2D eigenvalue weighted by atomic mass is 10.1. The van der Waals surface area contributed by atoms with Crippen LogP contribution in [0.1, 0.15) is 23.7 Å². The molecule has 0 saturated carbocycles. The normalized spacial score (nSPS) is 16.4. The SMILES string of the molecule is CSc1cccc(N2C[C@@H](c3nc4ccccc4n3Cc3ccccc3F)CC2=O)c1. The van der Waals surface area contributed by atoms with E-state index in [-0.39, 0.29) is 17.6 Å². The van der Waals surface area contributed by atoms with Crippen LogP contribution >= 0.6 is 11.8 Å². The lowest BCUT2D eigenvalue weighted by Gasteiger charge is -2.18. The minimum absolute atomic E-state index is 0.0513. The van der Waals surface area contributed by atoms with E-state index in [4.69, 9.17) is 4.98 Å². The summed E-state index contributed by atoms with van der Waals surface area (Å²) in [6.07, 6.45) is 2.42. The van der Waals surface area contributed by atoms with Crippen molar-refractivity contribution in [2.24, 2.45) is 0 Å². The number of imidazole rings is 1.